The van der Waals surface area contributed by atoms with Crippen LogP contribution in [0.3, 0.4) is 0 Å². The summed E-state index contributed by atoms with van der Waals surface area (Å²) in [5, 5.41) is 5.09. The highest BCUT2D eigenvalue weighted by atomic mass is 32.2. The van der Waals surface area contributed by atoms with E-state index >= 15 is 0 Å². The van der Waals surface area contributed by atoms with Crippen molar-refractivity contribution < 1.29 is 13.2 Å². The number of morpholine rings is 1. The van der Waals surface area contributed by atoms with Crippen molar-refractivity contribution in [2.24, 2.45) is 5.14 Å². The third-order valence-electron chi connectivity index (χ3n) is 3.08. The van der Waals surface area contributed by atoms with E-state index in [-0.39, 0.29) is 22.8 Å². The van der Waals surface area contributed by atoms with Gasteiger partial charge in [-0.1, -0.05) is 0 Å². The second-order valence-electron chi connectivity index (χ2n) is 4.93. The highest BCUT2D eigenvalue weighted by molar-refractivity contribution is 7.89. The molecule has 0 radical (unpaired) electrons. The number of ether oxygens (including phenoxy) is 1. The van der Waals surface area contributed by atoms with Crippen LogP contribution in [0, 0.1) is 0 Å². The number of primary sulfonamides is 1. The first-order chi connectivity index (χ1) is 8.77. The molecule has 1 aromatic rings. The van der Waals surface area contributed by atoms with Gasteiger partial charge in [-0.3, -0.25) is 0 Å². The second kappa shape index (κ2) is 4.99. The van der Waals surface area contributed by atoms with Gasteiger partial charge in [-0.25, -0.2) is 13.6 Å². The SMILES string of the molecule is C[C@@H]1CN(c2ccc(S(N)(=O)=O)c(N)c2)C[C@H](C)O1. The van der Waals surface area contributed by atoms with Gasteiger partial charge in [0.2, 0.25) is 10.0 Å². The van der Waals surface area contributed by atoms with Crippen molar-refractivity contribution in [2.75, 3.05) is 23.7 Å². The van der Waals surface area contributed by atoms with Crippen LogP contribution in [0.1, 0.15) is 13.8 Å². The minimum Gasteiger partial charge on any atom is -0.398 e. The molecule has 6 nitrogen and oxygen atoms in total. The van der Waals surface area contributed by atoms with Gasteiger partial charge in [0.05, 0.1) is 17.9 Å². The van der Waals surface area contributed by atoms with E-state index in [0.717, 1.165) is 18.8 Å². The first-order valence-corrected chi connectivity index (χ1v) is 7.64. The summed E-state index contributed by atoms with van der Waals surface area (Å²) in [4.78, 5) is 2.09. The van der Waals surface area contributed by atoms with Gasteiger partial charge in [0.15, 0.2) is 0 Å². The molecule has 0 unspecified atom stereocenters. The maximum Gasteiger partial charge on any atom is 0.240 e. The average molecular weight is 285 g/mol. The smallest absolute Gasteiger partial charge is 0.240 e. The van der Waals surface area contributed by atoms with E-state index < -0.39 is 10.0 Å². The lowest BCUT2D eigenvalue weighted by atomic mass is 10.2. The van der Waals surface area contributed by atoms with E-state index in [2.05, 4.69) is 4.90 Å². The van der Waals surface area contributed by atoms with Crippen LogP contribution >= 0.6 is 0 Å². The summed E-state index contributed by atoms with van der Waals surface area (Å²) in [7, 11) is -3.77. The van der Waals surface area contributed by atoms with Crippen LogP contribution in [0.2, 0.25) is 0 Å². The molecule has 0 spiro atoms. The molecule has 2 atom stereocenters. The Bertz CT molecular complexity index is 564. The van der Waals surface area contributed by atoms with Gasteiger partial charge in [-0.05, 0) is 32.0 Å². The molecule has 106 valence electrons. The van der Waals surface area contributed by atoms with Crippen LogP contribution < -0.4 is 15.8 Å². The quantitative estimate of drug-likeness (QED) is 0.772. The Balaban J connectivity index is 2.30. The van der Waals surface area contributed by atoms with Crippen molar-refractivity contribution in [2.45, 2.75) is 31.0 Å². The third kappa shape index (κ3) is 3.17. The lowest BCUT2D eigenvalue weighted by Gasteiger charge is -2.37. The van der Waals surface area contributed by atoms with E-state index in [1.807, 2.05) is 13.8 Å². The van der Waals surface area contributed by atoms with Crippen LogP contribution in [-0.2, 0) is 14.8 Å². The standard InChI is InChI=1S/C12H19N3O3S/c1-8-6-15(7-9(2)18-8)10-3-4-12(11(13)5-10)19(14,16)17/h3-5,8-9H,6-7,13H2,1-2H3,(H2,14,16,17)/t8-,9+. The highest BCUT2D eigenvalue weighted by Gasteiger charge is 2.23. The number of hydrogen-bond donors (Lipinski definition) is 2. The molecule has 1 aliphatic rings. The maximum atomic E-state index is 11.3. The topological polar surface area (TPSA) is 98.7 Å². The number of benzene rings is 1. The summed E-state index contributed by atoms with van der Waals surface area (Å²) < 4.78 is 28.3. The Labute approximate surface area is 113 Å². The van der Waals surface area contributed by atoms with E-state index in [1.54, 1.807) is 12.1 Å². The van der Waals surface area contributed by atoms with Gasteiger partial charge in [0.1, 0.15) is 4.90 Å². The first-order valence-electron chi connectivity index (χ1n) is 6.10. The van der Waals surface area contributed by atoms with Crippen LogP contribution in [0.25, 0.3) is 0 Å². The predicted octanol–water partition coefficient (Wildman–Crippen LogP) is 0.530. The zero-order chi connectivity index (χ0) is 14.2. The molecule has 7 heteroatoms. The summed E-state index contributed by atoms with van der Waals surface area (Å²) in [6.07, 6.45) is 0.255. The number of nitrogens with zero attached hydrogens (tertiary/aromatic N) is 1. The molecule has 1 saturated heterocycles. The van der Waals surface area contributed by atoms with Gasteiger partial charge in [-0.15, -0.1) is 0 Å². The maximum absolute atomic E-state index is 11.3. The first kappa shape index (κ1) is 14.1. The van der Waals surface area contributed by atoms with Crippen LogP contribution in [0.15, 0.2) is 23.1 Å². The normalized spacial score (nSPS) is 24.5. The molecule has 2 rings (SSSR count). The fraction of sp³-hybridized carbons (Fsp3) is 0.500. The Kier molecular flexibility index (Phi) is 3.71. The molecule has 0 aromatic heterocycles. The molecule has 0 amide bonds. The van der Waals surface area contributed by atoms with Gasteiger partial charge in [0, 0.05) is 18.8 Å². The monoisotopic (exact) mass is 285 g/mol. The van der Waals surface area contributed by atoms with E-state index in [4.69, 9.17) is 15.6 Å². The minimum atomic E-state index is -3.77. The zero-order valence-electron chi connectivity index (χ0n) is 11.0. The van der Waals surface area contributed by atoms with E-state index in [0.29, 0.717) is 0 Å². The fourth-order valence-corrected chi connectivity index (χ4v) is 3.03. The van der Waals surface area contributed by atoms with Crippen molar-refractivity contribution in [1.29, 1.82) is 0 Å². The van der Waals surface area contributed by atoms with E-state index in [9.17, 15) is 8.42 Å². The van der Waals surface area contributed by atoms with Crippen LogP contribution in [0.5, 0.6) is 0 Å². The van der Waals surface area contributed by atoms with Crippen molar-refractivity contribution in [3.05, 3.63) is 18.2 Å². The van der Waals surface area contributed by atoms with E-state index in [1.165, 1.54) is 6.07 Å². The Morgan fingerprint density at radius 1 is 1.26 bits per heavy atom. The molecule has 0 bridgehead atoms. The number of anilines is 2. The highest BCUT2D eigenvalue weighted by Crippen LogP contribution is 2.26. The summed E-state index contributed by atoms with van der Waals surface area (Å²) >= 11 is 0. The number of hydrogen-bond acceptors (Lipinski definition) is 5. The summed E-state index contributed by atoms with van der Waals surface area (Å²) in [6, 6.07) is 4.82. The average Bonchev–Trinajstić information content (AvgIpc) is 2.25. The lowest BCUT2D eigenvalue weighted by Crippen LogP contribution is -2.45. The molecule has 1 aromatic carbocycles. The Morgan fingerprint density at radius 3 is 2.32 bits per heavy atom. The molecule has 1 heterocycles. The minimum absolute atomic E-state index is 0.0365. The molecule has 1 fully saturated rings. The second-order valence-corrected chi connectivity index (χ2v) is 6.46. The molecule has 4 N–H and O–H groups in total. The number of nitrogen functional groups attached to an aromatic ring is 1. The van der Waals surface area contributed by atoms with Gasteiger partial charge >= 0.3 is 0 Å². The molecule has 1 aliphatic heterocycles. The summed E-state index contributed by atoms with van der Waals surface area (Å²) in [5.74, 6) is 0. The van der Waals surface area contributed by atoms with Crippen molar-refractivity contribution in [1.82, 2.24) is 0 Å². The van der Waals surface area contributed by atoms with Gasteiger partial charge < -0.3 is 15.4 Å². The number of sulfonamides is 1. The van der Waals surface area contributed by atoms with Crippen molar-refractivity contribution in [3.63, 3.8) is 0 Å². The summed E-state index contributed by atoms with van der Waals surface area (Å²) in [5.41, 5.74) is 6.82. The third-order valence-corrected chi connectivity index (χ3v) is 4.07. The Morgan fingerprint density at radius 2 is 1.84 bits per heavy atom. The molecule has 19 heavy (non-hydrogen) atoms. The predicted molar refractivity (Wildman–Crippen MR) is 74.4 cm³/mol. The molecular formula is C12H19N3O3S. The molecular weight excluding hydrogens is 266 g/mol. The number of nitrogens with two attached hydrogens (primary N) is 2. The van der Waals surface area contributed by atoms with Crippen LogP contribution in [-0.4, -0.2) is 33.7 Å². The molecule has 0 saturated carbocycles. The number of rotatable bonds is 2. The summed E-state index contributed by atoms with van der Waals surface area (Å²) in [6.45, 7) is 5.51. The van der Waals surface area contributed by atoms with Crippen molar-refractivity contribution in [3.8, 4) is 0 Å². The fourth-order valence-electron chi connectivity index (χ4n) is 2.38. The lowest BCUT2D eigenvalue weighted by molar-refractivity contribution is -0.00521. The van der Waals surface area contributed by atoms with Crippen LogP contribution in [0.4, 0.5) is 11.4 Å². The zero-order valence-corrected chi connectivity index (χ0v) is 11.9. The largest absolute Gasteiger partial charge is 0.398 e. The van der Waals surface area contributed by atoms with Crippen molar-refractivity contribution >= 4 is 21.4 Å². The molecule has 0 aliphatic carbocycles. The van der Waals surface area contributed by atoms with Gasteiger partial charge in [-0.2, -0.15) is 0 Å². The van der Waals surface area contributed by atoms with Gasteiger partial charge in [0.25, 0.3) is 0 Å². The Hall–Kier alpha value is -1.31.